The van der Waals surface area contributed by atoms with Crippen LogP contribution in [-0.2, 0) is 0 Å². The second-order valence-corrected chi connectivity index (χ2v) is 7.71. The molecular formula is C24H28N4O. The molecule has 0 saturated carbocycles. The van der Waals surface area contributed by atoms with Crippen molar-refractivity contribution in [2.75, 3.05) is 32.7 Å². The van der Waals surface area contributed by atoms with Gasteiger partial charge in [0.15, 0.2) is 0 Å². The predicted molar refractivity (Wildman–Crippen MR) is 116 cm³/mol. The van der Waals surface area contributed by atoms with Crippen molar-refractivity contribution in [2.45, 2.75) is 20.8 Å². The highest BCUT2D eigenvalue weighted by atomic mass is 16.2. The zero-order chi connectivity index (χ0) is 20.4. The maximum absolute atomic E-state index is 13.5. The molecule has 0 atom stereocenters. The summed E-state index contributed by atoms with van der Waals surface area (Å²) in [6.45, 7) is 10.7. The molecule has 5 nitrogen and oxygen atoms in total. The molecule has 1 aliphatic rings. The summed E-state index contributed by atoms with van der Waals surface area (Å²) in [6.07, 6.45) is 0. The van der Waals surface area contributed by atoms with Crippen LogP contribution in [0.15, 0.2) is 54.6 Å². The average molecular weight is 389 g/mol. The molecule has 1 amide bonds. The van der Waals surface area contributed by atoms with Crippen LogP contribution >= 0.6 is 0 Å². The number of rotatable bonds is 4. The smallest absolute Gasteiger partial charge is 0.272 e. The van der Waals surface area contributed by atoms with Gasteiger partial charge in [-0.05, 0) is 43.7 Å². The van der Waals surface area contributed by atoms with Crippen LogP contribution in [0.3, 0.4) is 0 Å². The van der Waals surface area contributed by atoms with Crippen molar-refractivity contribution in [1.82, 2.24) is 19.6 Å². The summed E-state index contributed by atoms with van der Waals surface area (Å²) in [5.41, 5.74) is 5.68. The standard InChI is InChI=1S/C24H28N4O/c1-4-26-12-14-27(15-13-26)24(29)23-17-21(20-8-6-5-7-9-20)25-28(23)22-16-18(2)10-11-19(22)3/h5-11,16-17H,4,12-15H2,1-3H3. The fourth-order valence-corrected chi connectivity index (χ4v) is 3.84. The molecule has 1 saturated heterocycles. The quantitative estimate of drug-likeness (QED) is 0.680. The summed E-state index contributed by atoms with van der Waals surface area (Å²) >= 11 is 0. The maximum atomic E-state index is 13.5. The first-order chi connectivity index (χ1) is 14.1. The Balaban J connectivity index is 1.76. The Morgan fingerprint density at radius 3 is 2.38 bits per heavy atom. The van der Waals surface area contributed by atoms with E-state index in [-0.39, 0.29) is 5.91 Å². The molecular weight excluding hydrogens is 360 g/mol. The first-order valence-electron chi connectivity index (χ1n) is 10.3. The lowest BCUT2D eigenvalue weighted by atomic mass is 10.1. The minimum absolute atomic E-state index is 0.0522. The van der Waals surface area contributed by atoms with E-state index < -0.39 is 0 Å². The average Bonchev–Trinajstić information content (AvgIpc) is 3.21. The lowest BCUT2D eigenvalue weighted by Crippen LogP contribution is -2.48. The zero-order valence-electron chi connectivity index (χ0n) is 17.4. The van der Waals surface area contributed by atoms with Gasteiger partial charge in [0.2, 0.25) is 0 Å². The third-order valence-corrected chi connectivity index (χ3v) is 5.70. The van der Waals surface area contributed by atoms with Gasteiger partial charge in [-0.15, -0.1) is 0 Å². The first kappa shape index (κ1) is 19.4. The normalized spacial score (nSPS) is 14.9. The molecule has 1 aromatic heterocycles. The van der Waals surface area contributed by atoms with Crippen LogP contribution in [-0.4, -0.2) is 58.2 Å². The van der Waals surface area contributed by atoms with E-state index in [9.17, 15) is 4.79 Å². The van der Waals surface area contributed by atoms with Gasteiger partial charge >= 0.3 is 0 Å². The number of benzene rings is 2. The van der Waals surface area contributed by atoms with Gasteiger partial charge in [0, 0.05) is 31.7 Å². The van der Waals surface area contributed by atoms with Crippen LogP contribution in [0, 0.1) is 13.8 Å². The number of amides is 1. The fraction of sp³-hybridized carbons (Fsp3) is 0.333. The van der Waals surface area contributed by atoms with E-state index in [4.69, 9.17) is 5.10 Å². The highest BCUT2D eigenvalue weighted by Gasteiger charge is 2.26. The molecule has 29 heavy (non-hydrogen) atoms. The number of carbonyl (C=O) groups is 1. The second-order valence-electron chi connectivity index (χ2n) is 7.71. The molecule has 4 rings (SSSR count). The summed E-state index contributed by atoms with van der Waals surface area (Å²) < 4.78 is 1.83. The van der Waals surface area contributed by atoms with Crippen LogP contribution < -0.4 is 0 Å². The number of carbonyl (C=O) groups excluding carboxylic acids is 1. The van der Waals surface area contributed by atoms with E-state index >= 15 is 0 Å². The van der Waals surface area contributed by atoms with Crippen LogP contribution in [0.25, 0.3) is 16.9 Å². The van der Waals surface area contributed by atoms with E-state index in [0.29, 0.717) is 5.69 Å². The van der Waals surface area contributed by atoms with Crippen molar-refractivity contribution in [2.24, 2.45) is 0 Å². The van der Waals surface area contributed by atoms with Gasteiger partial charge in [0.25, 0.3) is 5.91 Å². The zero-order valence-corrected chi connectivity index (χ0v) is 17.4. The summed E-state index contributed by atoms with van der Waals surface area (Å²) in [6, 6.07) is 18.3. The van der Waals surface area contributed by atoms with E-state index in [0.717, 1.165) is 60.8 Å². The molecule has 1 aliphatic heterocycles. The molecule has 2 heterocycles. The maximum Gasteiger partial charge on any atom is 0.272 e. The molecule has 5 heteroatoms. The monoisotopic (exact) mass is 388 g/mol. The lowest BCUT2D eigenvalue weighted by Gasteiger charge is -2.34. The Morgan fingerprint density at radius 1 is 0.966 bits per heavy atom. The topological polar surface area (TPSA) is 41.4 Å². The highest BCUT2D eigenvalue weighted by molar-refractivity contribution is 5.94. The molecule has 0 unspecified atom stereocenters. The van der Waals surface area contributed by atoms with Gasteiger partial charge in [-0.25, -0.2) is 4.68 Å². The molecule has 0 bridgehead atoms. The summed E-state index contributed by atoms with van der Waals surface area (Å²) in [4.78, 5) is 17.8. The van der Waals surface area contributed by atoms with Crippen LogP contribution in [0.1, 0.15) is 28.5 Å². The van der Waals surface area contributed by atoms with Crippen molar-refractivity contribution in [3.63, 3.8) is 0 Å². The second kappa shape index (κ2) is 8.21. The fourth-order valence-electron chi connectivity index (χ4n) is 3.84. The van der Waals surface area contributed by atoms with Gasteiger partial charge in [0.1, 0.15) is 5.69 Å². The van der Waals surface area contributed by atoms with Crippen molar-refractivity contribution < 1.29 is 4.79 Å². The molecule has 0 N–H and O–H groups in total. The van der Waals surface area contributed by atoms with Gasteiger partial charge in [-0.1, -0.05) is 49.4 Å². The molecule has 2 aromatic carbocycles. The predicted octanol–water partition coefficient (Wildman–Crippen LogP) is 3.93. The Morgan fingerprint density at radius 2 is 1.69 bits per heavy atom. The SMILES string of the molecule is CCN1CCN(C(=O)c2cc(-c3ccccc3)nn2-c2cc(C)ccc2C)CC1. The minimum Gasteiger partial charge on any atom is -0.335 e. The van der Waals surface area contributed by atoms with Crippen molar-refractivity contribution in [1.29, 1.82) is 0 Å². The van der Waals surface area contributed by atoms with Crippen LogP contribution in [0.4, 0.5) is 0 Å². The van der Waals surface area contributed by atoms with E-state index in [1.807, 2.05) is 46.0 Å². The van der Waals surface area contributed by atoms with Crippen LogP contribution in [0.5, 0.6) is 0 Å². The minimum atomic E-state index is 0.0522. The van der Waals surface area contributed by atoms with Crippen molar-refractivity contribution in [3.8, 4) is 16.9 Å². The first-order valence-corrected chi connectivity index (χ1v) is 10.3. The summed E-state index contributed by atoms with van der Waals surface area (Å²) in [7, 11) is 0. The number of hydrogen-bond acceptors (Lipinski definition) is 3. The van der Waals surface area contributed by atoms with Gasteiger partial charge in [-0.2, -0.15) is 5.10 Å². The lowest BCUT2D eigenvalue weighted by molar-refractivity contribution is 0.0634. The molecule has 0 aliphatic carbocycles. The largest absolute Gasteiger partial charge is 0.335 e. The van der Waals surface area contributed by atoms with E-state index in [1.165, 1.54) is 0 Å². The van der Waals surface area contributed by atoms with Crippen molar-refractivity contribution in [3.05, 3.63) is 71.4 Å². The van der Waals surface area contributed by atoms with Crippen LogP contribution in [0.2, 0.25) is 0 Å². The molecule has 0 radical (unpaired) electrons. The highest BCUT2D eigenvalue weighted by Crippen LogP contribution is 2.25. The molecule has 150 valence electrons. The number of likely N-dealkylation sites (N-methyl/N-ethyl adjacent to an activating group) is 1. The van der Waals surface area contributed by atoms with E-state index in [2.05, 4.69) is 43.9 Å². The number of aromatic nitrogens is 2. The third kappa shape index (κ3) is 3.96. The van der Waals surface area contributed by atoms with Crippen molar-refractivity contribution >= 4 is 5.91 Å². The Kier molecular flexibility index (Phi) is 5.49. The van der Waals surface area contributed by atoms with Gasteiger partial charge in [-0.3, -0.25) is 4.79 Å². The molecule has 1 fully saturated rings. The third-order valence-electron chi connectivity index (χ3n) is 5.70. The molecule has 3 aromatic rings. The number of hydrogen-bond donors (Lipinski definition) is 0. The molecule has 0 spiro atoms. The number of aryl methyl sites for hydroxylation is 2. The summed E-state index contributed by atoms with van der Waals surface area (Å²) in [5, 5.41) is 4.86. The van der Waals surface area contributed by atoms with E-state index in [1.54, 1.807) is 0 Å². The summed E-state index contributed by atoms with van der Waals surface area (Å²) in [5.74, 6) is 0.0522. The number of piperazine rings is 1. The Labute approximate surface area is 172 Å². The van der Waals surface area contributed by atoms with Gasteiger partial charge in [0.05, 0.1) is 11.4 Å². The number of nitrogens with zero attached hydrogens (tertiary/aromatic N) is 4. The van der Waals surface area contributed by atoms with Gasteiger partial charge < -0.3 is 9.80 Å². The Hall–Kier alpha value is -2.92. The Bertz CT molecular complexity index is 1000.